The molecule has 0 aromatic rings. The predicted octanol–water partition coefficient (Wildman–Crippen LogP) is 2.55. The van der Waals surface area contributed by atoms with E-state index in [-0.39, 0.29) is 0 Å². The van der Waals surface area contributed by atoms with Gasteiger partial charge in [0.2, 0.25) is 0 Å². The summed E-state index contributed by atoms with van der Waals surface area (Å²) in [5.41, 5.74) is 8.80. The molecule has 0 aliphatic carbocycles. The maximum atomic E-state index is 7.56. The molecule has 0 fully saturated rings. The van der Waals surface area contributed by atoms with Gasteiger partial charge < -0.3 is 21.7 Å². The van der Waals surface area contributed by atoms with Crippen molar-refractivity contribution in [3.8, 4) is 0 Å². The first-order chi connectivity index (χ1) is 6.88. The number of aliphatic hydroxyl groups excluding tert-OH is 2. The molecule has 0 radical (unpaired) electrons. The van der Waals surface area contributed by atoms with Gasteiger partial charge >= 0.3 is 0 Å². The molecule has 0 aromatic heterocycles. The first-order valence-electron chi connectivity index (χ1n) is 4.85. The van der Waals surface area contributed by atoms with E-state index >= 15 is 0 Å². The molecule has 0 bridgehead atoms. The standard InChI is InChI=1S/C7H16.2CH3NOS/c1-3-5-7-6-4-2;2*2-1(3)4/h3-7H2,1-2H3;2*(H3,2,3,4). The maximum Gasteiger partial charge on any atom is 0.251 e. The Morgan fingerprint density at radius 3 is 1.20 bits per heavy atom. The van der Waals surface area contributed by atoms with Crippen LogP contribution in [0.5, 0.6) is 0 Å². The summed E-state index contributed by atoms with van der Waals surface area (Å²) in [4.78, 5) is 0. The van der Waals surface area contributed by atoms with E-state index in [0.29, 0.717) is 0 Å². The Balaban J connectivity index is -0.000000155. The number of rotatable bonds is 4. The highest BCUT2D eigenvalue weighted by atomic mass is 32.1. The molecule has 0 rings (SSSR count). The van der Waals surface area contributed by atoms with Gasteiger partial charge in [-0.3, -0.25) is 0 Å². The van der Waals surface area contributed by atoms with Crippen LogP contribution in [-0.4, -0.2) is 20.6 Å². The second-order valence-corrected chi connectivity index (χ2v) is 3.57. The fraction of sp³-hybridized carbons (Fsp3) is 0.778. The number of hydrogen-bond acceptors (Lipinski definition) is 2. The predicted molar refractivity (Wildman–Crippen MR) is 73.3 cm³/mol. The maximum absolute atomic E-state index is 7.56. The summed E-state index contributed by atoms with van der Waals surface area (Å²) in [6.07, 6.45) is 7.01. The highest BCUT2D eigenvalue weighted by molar-refractivity contribution is 7.80. The van der Waals surface area contributed by atoms with E-state index in [4.69, 9.17) is 10.2 Å². The van der Waals surface area contributed by atoms with Gasteiger partial charge in [-0.15, -0.1) is 0 Å². The number of unbranched alkanes of at least 4 members (excludes halogenated alkanes) is 4. The normalized spacial score (nSPS) is 7.60. The molecule has 0 atom stereocenters. The molecular weight excluding hydrogens is 232 g/mol. The third-order valence-corrected chi connectivity index (χ3v) is 1.21. The van der Waals surface area contributed by atoms with Crippen LogP contribution in [0.1, 0.15) is 46.0 Å². The molecule has 0 unspecified atom stereocenters. The zero-order valence-electron chi connectivity index (χ0n) is 9.40. The van der Waals surface area contributed by atoms with Crippen molar-refractivity contribution in [1.82, 2.24) is 0 Å². The Kier molecular flexibility index (Phi) is 25.2. The second kappa shape index (κ2) is 19.0. The van der Waals surface area contributed by atoms with Crippen LogP contribution in [0.15, 0.2) is 0 Å². The Hall–Kier alpha value is -0.620. The second-order valence-electron chi connectivity index (χ2n) is 2.74. The number of hydrogen-bond donors (Lipinski definition) is 4. The van der Waals surface area contributed by atoms with Crippen molar-refractivity contribution >= 4 is 34.8 Å². The monoisotopic (exact) mass is 254 g/mol. The van der Waals surface area contributed by atoms with Crippen molar-refractivity contribution in [2.24, 2.45) is 11.5 Å². The molecule has 0 aliphatic heterocycles. The van der Waals surface area contributed by atoms with E-state index < -0.39 is 10.3 Å². The van der Waals surface area contributed by atoms with Crippen LogP contribution < -0.4 is 11.5 Å². The molecule has 0 saturated heterocycles. The molecule has 4 nitrogen and oxygen atoms in total. The Morgan fingerprint density at radius 2 is 1.07 bits per heavy atom. The molecule has 6 heteroatoms. The smallest absolute Gasteiger partial charge is 0.251 e. The minimum Gasteiger partial charge on any atom is -0.487 e. The topological polar surface area (TPSA) is 92.5 Å². The fourth-order valence-corrected chi connectivity index (χ4v) is 0.677. The summed E-state index contributed by atoms with van der Waals surface area (Å²) >= 11 is 7.74. The number of aliphatic hydroxyl groups is 2. The van der Waals surface area contributed by atoms with E-state index in [1.54, 1.807) is 0 Å². The largest absolute Gasteiger partial charge is 0.487 e. The first kappa shape index (κ1) is 19.9. The van der Waals surface area contributed by atoms with Crippen molar-refractivity contribution in [1.29, 1.82) is 0 Å². The van der Waals surface area contributed by atoms with Gasteiger partial charge in [0.25, 0.3) is 10.3 Å². The lowest BCUT2D eigenvalue weighted by molar-refractivity contribution is 0.559. The van der Waals surface area contributed by atoms with E-state index in [0.717, 1.165) is 0 Å². The molecule has 6 N–H and O–H groups in total. The van der Waals surface area contributed by atoms with Crippen LogP contribution in [0.2, 0.25) is 0 Å². The van der Waals surface area contributed by atoms with Crippen molar-refractivity contribution in [3.63, 3.8) is 0 Å². The van der Waals surface area contributed by atoms with E-state index in [1.165, 1.54) is 32.1 Å². The molecule has 0 aliphatic rings. The Morgan fingerprint density at radius 1 is 0.867 bits per heavy atom. The molecular formula is C9H22N2O2S2. The molecule has 0 amide bonds. The van der Waals surface area contributed by atoms with Crippen LogP contribution in [-0.2, 0) is 0 Å². The number of thiocarbonyl (C=S) groups is 2. The Bertz CT molecular complexity index is 131. The van der Waals surface area contributed by atoms with Crippen LogP contribution in [0.25, 0.3) is 0 Å². The first-order valence-corrected chi connectivity index (χ1v) is 5.66. The summed E-state index contributed by atoms with van der Waals surface area (Å²) in [6, 6.07) is 0. The van der Waals surface area contributed by atoms with Gasteiger partial charge in [0, 0.05) is 0 Å². The van der Waals surface area contributed by atoms with Crippen LogP contribution in [0.3, 0.4) is 0 Å². The van der Waals surface area contributed by atoms with Crippen LogP contribution in [0, 0.1) is 0 Å². The average molecular weight is 254 g/mol. The van der Waals surface area contributed by atoms with Gasteiger partial charge in [-0.2, -0.15) is 0 Å². The van der Waals surface area contributed by atoms with Crippen LogP contribution >= 0.6 is 24.4 Å². The lowest BCUT2D eigenvalue weighted by atomic mass is 10.2. The van der Waals surface area contributed by atoms with Gasteiger partial charge in [-0.1, -0.05) is 46.0 Å². The molecule has 15 heavy (non-hydrogen) atoms. The molecule has 0 spiro atoms. The van der Waals surface area contributed by atoms with Crippen LogP contribution in [0.4, 0.5) is 0 Å². The minimum absolute atomic E-state index is 0.500. The highest BCUT2D eigenvalue weighted by Crippen LogP contribution is 2.00. The Labute approximate surface area is 103 Å². The summed E-state index contributed by atoms with van der Waals surface area (Å²) in [5, 5.41) is 14.1. The lowest BCUT2D eigenvalue weighted by Crippen LogP contribution is -2.03. The lowest BCUT2D eigenvalue weighted by Gasteiger charge is -1.90. The minimum atomic E-state index is -0.500. The van der Waals surface area contributed by atoms with Crippen molar-refractivity contribution in [2.45, 2.75) is 46.0 Å². The summed E-state index contributed by atoms with van der Waals surface area (Å²) in [5.74, 6) is 0. The quantitative estimate of drug-likeness (QED) is 0.455. The van der Waals surface area contributed by atoms with Gasteiger partial charge in [0.1, 0.15) is 0 Å². The zero-order valence-corrected chi connectivity index (χ0v) is 11.0. The molecule has 92 valence electrons. The van der Waals surface area contributed by atoms with Crippen molar-refractivity contribution < 1.29 is 10.2 Å². The highest BCUT2D eigenvalue weighted by Gasteiger charge is 1.80. The fourth-order valence-electron chi connectivity index (χ4n) is 0.677. The van der Waals surface area contributed by atoms with Gasteiger partial charge in [0.05, 0.1) is 0 Å². The van der Waals surface area contributed by atoms with Gasteiger partial charge in [-0.25, -0.2) is 0 Å². The zero-order chi connectivity index (χ0) is 12.7. The van der Waals surface area contributed by atoms with E-state index in [1.807, 2.05) is 0 Å². The van der Waals surface area contributed by atoms with Crippen molar-refractivity contribution in [3.05, 3.63) is 0 Å². The molecule has 0 heterocycles. The third kappa shape index (κ3) is 152. The van der Waals surface area contributed by atoms with E-state index in [9.17, 15) is 0 Å². The number of nitrogens with two attached hydrogens (primary N) is 2. The van der Waals surface area contributed by atoms with Gasteiger partial charge in [-0.05, 0) is 24.4 Å². The van der Waals surface area contributed by atoms with E-state index in [2.05, 4.69) is 49.8 Å². The third-order valence-electron chi connectivity index (χ3n) is 1.21. The molecule has 0 saturated carbocycles. The van der Waals surface area contributed by atoms with Gasteiger partial charge in [0.15, 0.2) is 0 Å². The summed E-state index contributed by atoms with van der Waals surface area (Å²) in [6.45, 7) is 4.49. The average Bonchev–Trinajstić information content (AvgIpc) is 2.03. The molecule has 0 aromatic carbocycles. The summed E-state index contributed by atoms with van der Waals surface area (Å²) in [7, 11) is 0. The van der Waals surface area contributed by atoms with Crippen molar-refractivity contribution in [2.75, 3.05) is 0 Å². The SMILES string of the molecule is CCCCCCC.NC(O)=S.NC(O)=S. The summed E-state index contributed by atoms with van der Waals surface area (Å²) < 4.78 is 0.